The van der Waals surface area contributed by atoms with E-state index in [0.29, 0.717) is 15.9 Å². The lowest BCUT2D eigenvalue weighted by Gasteiger charge is -2.05. The molecule has 0 unspecified atom stereocenters. The molecule has 1 amide bonds. The fourth-order valence-corrected chi connectivity index (χ4v) is 1.79. The van der Waals surface area contributed by atoms with Crippen LogP contribution in [0, 0.1) is 5.82 Å². The molecule has 18 heavy (non-hydrogen) atoms. The van der Waals surface area contributed by atoms with E-state index in [2.05, 4.69) is 26.2 Å². The summed E-state index contributed by atoms with van der Waals surface area (Å²) in [6, 6.07) is 11.4. The second kappa shape index (κ2) is 5.73. The molecule has 3 nitrogen and oxygen atoms in total. The van der Waals surface area contributed by atoms with Crippen molar-refractivity contribution in [3.05, 3.63) is 64.1 Å². The van der Waals surface area contributed by atoms with Crippen LogP contribution in [0.25, 0.3) is 0 Å². The number of nitrogens with zero attached hydrogens (tertiary/aromatic N) is 1. The van der Waals surface area contributed by atoms with Gasteiger partial charge in [0.2, 0.25) is 0 Å². The molecule has 1 N–H and O–H groups in total. The zero-order valence-electron chi connectivity index (χ0n) is 9.36. The van der Waals surface area contributed by atoms with Gasteiger partial charge in [-0.15, -0.1) is 0 Å². The lowest BCUT2D eigenvalue weighted by molar-refractivity contribution is 0.0945. The number of hydrogen-bond acceptors (Lipinski definition) is 2. The highest BCUT2D eigenvalue weighted by Gasteiger charge is 2.08. The van der Waals surface area contributed by atoms with E-state index in [-0.39, 0.29) is 18.3 Å². The molecule has 0 fully saturated rings. The molecule has 0 spiro atoms. The van der Waals surface area contributed by atoms with Gasteiger partial charge in [-0.2, -0.15) is 0 Å². The van der Waals surface area contributed by atoms with Gasteiger partial charge in [-0.25, -0.2) is 9.37 Å². The summed E-state index contributed by atoms with van der Waals surface area (Å²) in [5.74, 6) is -0.667. The van der Waals surface area contributed by atoms with E-state index in [1.54, 1.807) is 36.4 Å². The zero-order chi connectivity index (χ0) is 13.0. The van der Waals surface area contributed by atoms with Crippen LogP contribution in [0.15, 0.2) is 47.1 Å². The van der Waals surface area contributed by atoms with Gasteiger partial charge in [0.1, 0.15) is 16.1 Å². The van der Waals surface area contributed by atoms with E-state index in [0.717, 1.165) is 0 Å². The Hall–Kier alpha value is -1.75. The summed E-state index contributed by atoms with van der Waals surface area (Å²) in [6.45, 7) is 0.139. The molecule has 0 aliphatic heterocycles. The molecule has 0 saturated heterocycles. The van der Waals surface area contributed by atoms with Crippen molar-refractivity contribution in [2.24, 2.45) is 0 Å². The Labute approximate surface area is 112 Å². The van der Waals surface area contributed by atoms with E-state index in [1.807, 2.05) is 0 Å². The standard InChI is InChI=1S/C13H10BrFN2O/c14-12-7-3-6-11(17-12)13(18)16-8-9-4-1-2-5-10(9)15/h1-7H,8H2,(H,16,18). The SMILES string of the molecule is O=C(NCc1ccccc1F)c1cccc(Br)n1. The van der Waals surface area contributed by atoms with Crippen LogP contribution in [-0.2, 0) is 6.54 Å². The number of rotatable bonds is 3. The van der Waals surface area contributed by atoms with Crippen molar-refractivity contribution in [1.82, 2.24) is 10.3 Å². The number of pyridine rings is 1. The Morgan fingerprint density at radius 2 is 2.00 bits per heavy atom. The Bertz CT molecular complexity index is 574. The van der Waals surface area contributed by atoms with Crippen molar-refractivity contribution in [2.75, 3.05) is 0 Å². The van der Waals surface area contributed by atoms with Gasteiger partial charge in [-0.1, -0.05) is 24.3 Å². The number of hydrogen-bond donors (Lipinski definition) is 1. The van der Waals surface area contributed by atoms with Gasteiger partial charge in [0.15, 0.2) is 0 Å². The fraction of sp³-hybridized carbons (Fsp3) is 0.0769. The van der Waals surface area contributed by atoms with Crippen LogP contribution in [0.2, 0.25) is 0 Å². The van der Waals surface area contributed by atoms with Gasteiger partial charge in [-0.3, -0.25) is 4.79 Å². The van der Waals surface area contributed by atoms with E-state index in [4.69, 9.17) is 0 Å². The maximum absolute atomic E-state index is 13.3. The number of halogens is 2. The second-order valence-corrected chi connectivity index (χ2v) is 4.43. The summed E-state index contributed by atoms with van der Waals surface area (Å²) in [4.78, 5) is 15.8. The van der Waals surface area contributed by atoms with Crippen molar-refractivity contribution < 1.29 is 9.18 Å². The van der Waals surface area contributed by atoms with Crippen molar-refractivity contribution in [3.8, 4) is 0 Å². The molecule has 5 heteroatoms. The number of nitrogens with one attached hydrogen (secondary N) is 1. The first-order valence-electron chi connectivity index (χ1n) is 5.31. The molecule has 0 bridgehead atoms. The Kier molecular flexibility index (Phi) is 4.04. The van der Waals surface area contributed by atoms with E-state index in [9.17, 15) is 9.18 Å². The molecular weight excluding hydrogens is 299 g/mol. The van der Waals surface area contributed by atoms with Crippen LogP contribution in [0.3, 0.4) is 0 Å². The molecule has 0 saturated carbocycles. The predicted molar refractivity (Wildman–Crippen MR) is 69.5 cm³/mol. The third-order valence-corrected chi connectivity index (χ3v) is 2.79. The van der Waals surface area contributed by atoms with Gasteiger partial charge in [0, 0.05) is 12.1 Å². The summed E-state index contributed by atoms with van der Waals surface area (Å²) in [5, 5.41) is 2.62. The number of amides is 1. The average Bonchev–Trinajstić information content (AvgIpc) is 2.37. The Morgan fingerprint density at radius 3 is 2.72 bits per heavy atom. The highest BCUT2D eigenvalue weighted by Crippen LogP contribution is 2.08. The minimum atomic E-state index is -0.334. The smallest absolute Gasteiger partial charge is 0.270 e. The van der Waals surface area contributed by atoms with Gasteiger partial charge < -0.3 is 5.32 Å². The topological polar surface area (TPSA) is 42.0 Å². The van der Waals surface area contributed by atoms with Crippen molar-refractivity contribution >= 4 is 21.8 Å². The number of benzene rings is 1. The molecule has 1 heterocycles. The van der Waals surface area contributed by atoms with Crippen LogP contribution in [0.5, 0.6) is 0 Å². The summed E-state index contributed by atoms with van der Waals surface area (Å²) in [7, 11) is 0. The zero-order valence-corrected chi connectivity index (χ0v) is 10.9. The summed E-state index contributed by atoms with van der Waals surface area (Å²) in [5.41, 5.74) is 0.738. The average molecular weight is 309 g/mol. The summed E-state index contributed by atoms with van der Waals surface area (Å²) < 4.78 is 13.9. The third-order valence-electron chi connectivity index (χ3n) is 2.34. The number of aromatic nitrogens is 1. The molecule has 1 aromatic carbocycles. The molecule has 1 aromatic heterocycles. The predicted octanol–water partition coefficient (Wildman–Crippen LogP) is 2.91. The van der Waals surface area contributed by atoms with E-state index < -0.39 is 0 Å². The third kappa shape index (κ3) is 3.13. The minimum Gasteiger partial charge on any atom is -0.347 e. The van der Waals surface area contributed by atoms with Gasteiger partial charge in [0.05, 0.1) is 0 Å². The first-order chi connectivity index (χ1) is 8.66. The number of carbonyl (C=O) groups excluding carboxylic acids is 1. The molecule has 0 aliphatic carbocycles. The molecule has 0 aliphatic rings. The molecule has 92 valence electrons. The monoisotopic (exact) mass is 308 g/mol. The highest BCUT2D eigenvalue weighted by molar-refractivity contribution is 9.10. The summed E-state index contributed by atoms with van der Waals surface area (Å²) in [6.07, 6.45) is 0. The summed E-state index contributed by atoms with van der Waals surface area (Å²) >= 11 is 3.19. The molecule has 2 aromatic rings. The normalized spacial score (nSPS) is 10.1. The first-order valence-corrected chi connectivity index (χ1v) is 6.10. The van der Waals surface area contributed by atoms with Crippen LogP contribution >= 0.6 is 15.9 Å². The van der Waals surface area contributed by atoms with Crippen LogP contribution < -0.4 is 5.32 Å². The molecule has 2 rings (SSSR count). The molecule has 0 radical (unpaired) electrons. The van der Waals surface area contributed by atoms with E-state index in [1.165, 1.54) is 6.07 Å². The van der Waals surface area contributed by atoms with Crippen molar-refractivity contribution in [3.63, 3.8) is 0 Å². The molecular formula is C13H10BrFN2O. The van der Waals surface area contributed by atoms with E-state index >= 15 is 0 Å². The fourth-order valence-electron chi connectivity index (χ4n) is 1.44. The quantitative estimate of drug-likeness (QED) is 0.886. The van der Waals surface area contributed by atoms with Crippen LogP contribution in [0.4, 0.5) is 4.39 Å². The van der Waals surface area contributed by atoms with Crippen LogP contribution in [-0.4, -0.2) is 10.9 Å². The van der Waals surface area contributed by atoms with Gasteiger partial charge in [-0.05, 0) is 34.1 Å². The van der Waals surface area contributed by atoms with Crippen LogP contribution in [0.1, 0.15) is 16.1 Å². The maximum Gasteiger partial charge on any atom is 0.270 e. The largest absolute Gasteiger partial charge is 0.347 e. The highest BCUT2D eigenvalue weighted by atomic mass is 79.9. The number of carbonyl (C=O) groups is 1. The Balaban J connectivity index is 2.03. The minimum absolute atomic E-state index is 0.139. The maximum atomic E-state index is 13.3. The van der Waals surface area contributed by atoms with Gasteiger partial charge in [0.25, 0.3) is 5.91 Å². The second-order valence-electron chi connectivity index (χ2n) is 3.62. The molecule has 0 atom stereocenters. The van der Waals surface area contributed by atoms with Crippen molar-refractivity contribution in [1.29, 1.82) is 0 Å². The van der Waals surface area contributed by atoms with Gasteiger partial charge >= 0.3 is 0 Å². The Morgan fingerprint density at radius 1 is 1.22 bits per heavy atom. The lowest BCUT2D eigenvalue weighted by Crippen LogP contribution is -2.24. The first kappa shape index (κ1) is 12.7. The lowest BCUT2D eigenvalue weighted by atomic mass is 10.2. The van der Waals surface area contributed by atoms with Crippen molar-refractivity contribution in [2.45, 2.75) is 6.54 Å².